The molecule has 2 rings (SSSR count). The van der Waals surface area contributed by atoms with Crippen molar-refractivity contribution in [2.45, 2.75) is 19.4 Å². The number of hydrogen-bond acceptors (Lipinski definition) is 4. The number of carbonyl (C=O) groups is 2. The van der Waals surface area contributed by atoms with E-state index in [4.69, 9.17) is 4.74 Å². The maximum Gasteiger partial charge on any atom is 0.314 e. The van der Waals surface area contributed by atoms with Gasteiger partial charge in [-0.3, -0.25) is 9.59 Å². The number of thioether (sulfide) groups is 1. The largest absolute Gasteiger partial charge is 0.481 e. The van der Waals surface area contributed by atoms with E-state index in [-0.39, 0.29) is 5.92 Å². The first-order chi connectivity index (χ1) is 8.58. The average molecular weight is 268 g/mol. The van der Waals surface area contributed by atoms with Crippen LogP contribution in [0.1, 0.15) is 13.3 Å². The molecule has 2 aliphatic rings. The van der Waals surface area contributed by atoms with Crippen molar-refractivity contribution in [2.75, 3.05) is 11.5 Å². The van der Waals surface area contributed by atoms with Crippen LogP contribution in [0.15, 0.2) is 11.6 Å². The minimum atomic E-state index is -0.845. The van der Waals surface area contributed by atoms with Gasteiger partial charge in [0, 0.05) is 12.2 Å². The van der Waals surface area contributed by atoms with Crippen LogP contribution >= 0.6 is 11.8 Å². The Morgan fingerprint density at radius 1 is 1.56 bits per heavy atom. The molecule has 4 nitrogen and oxygen atoms in total. The fourth-order valence-electron chi connectivity index (χ4n) is 2.39. The molecule has 98 valence electrons. The van der Waals surface area contributed by atoms with Gasteiger partial charge in [0.2, 0.25) is 0 Å². The molecule has 0 aliphatic carbocycles. The first kappa shape index (κ1) is 13.5. The number of carboxylic acids is 1. The van der Waals surface area contributed by atoms with Crippen molar-refractivity contribution in [1.82, 2.24) is 0 Å². The van der Waals surface area contributed by atoms with Gasteiger partial charge in [0.1, 0.15) is 6.10 Å². The number of hydrogen-bond donors (Lipinski definition) is 1. The maximum atomic E-state index is 11.5. The molecule has 0 aromatic rings. The van der Waals surface area contributed by atoms with Crippen LogP contribution in [-0.4, -0.2) is 34.7 Å². The van der Waals surface area contributed by atoms with Crippen molar-refractivity contribution in [2.24, 2.45) is 11.8 Å². The van der Waals surface area contributed by atoms with Crippen LogP contribution in [0, 0.1) is 24.7 Å². The zero-order valence-corrected chi connectivity index (χ0v) is 11.0. The molecule has 5 heteroatoms. The van der Waals surface area contributed by atoms with Crippen LogP contribution in [0.3, 0.4) is 0 Å². The molecule has 2 heterocycles. The van der Waals surface area contributed by atoms with E-state index in [9.17, 15) is 14.7 Å². The molecule has 1 saturated heterocycles. The molecule has 0 unspecified atom stereocenters. The molecule has 2 aliphatic heterocycles. The first-order valence-electron chi connectivity index (χ1n) is 5.98. The molecular formula is C13H16O4S. The summed E-state index contributed by atoms with van der Waals surface area (Å²) in [7, 11) is 0. The van der Waals surface area contributed by atoms with Crippen LogP contribution in [-0.2, 0) is 14.3 Å². The van der Waals surface area contributed by atoms with Crippen LogP contribution in [0.4, 0.5) is 0 Å². The second-order valence-electron chi connectivity index (χ2n) is 4.55. The fraction of sp³-hybridized carbons (Fsp3) is 0.538. The molecule has 3 atom stereocenters. The number of carboxylic acid groups (broad SMARTS) is 1. The Labute approximate surface area is 111 Å². The zero-order valence-electron chi connectivity index (χ0n) is 10.2. The van der Waals surface area contributed by atoms with Crippen molar-refractivity contribution in [1.29, 1.82) is 0 Å². The van der Waals surface area contributed by atoms with Crippen LogP contribution in [0.25, 0.3) is 0 Å². The fourth-order valence-corrected chi connectivity index (χ4v) is 3.50. The Balaban J connectivity index is 2.27. The van der Waals surface area contributed by atoms with E-state index >= 15 is 0 Å². The van der Waals surface area contributed by atoms with Crippen molar-refractivity contribution < 1.29 is 19.4 Å². The smallest absolute Gasteiger partial charge is 0.314 e. The first-order valence-corrected chi connectivity index (χ1v) is 7.13. The number of aliphatic carboxylic acids is 1. The van der Waals surface area contributed by atoms with Crippen molar-refractivity contribution >= 4 is 23.7 Å². The summed E-state index contributed by atoms with van der Waals surface area (Å²) in [5.41, 5.74) is 1.03. The number of esters is 1. The third kappa shape index (κ3) is 3.07. The molecule has 1 N–H and O–H groups in total. The molecule has 0 amide bonds. The van der Waals surface area contributed by atoms with E-state index in [1.807, 2.05) is 0 Å². The van der Waals surface area contributed by atoms with Gasteiger partial charge in [-0.1, -0.05) is 11.6 Å². The number of cyclic esters (lactones) is 1. The number of rotatable bonds is 1. The van der Waals surface area contributed by atoms with E-state index in [0.29, 0.717) is 0 Å². The summed E-state index contributed by atoms with van der Waals surface area (Å²) in [4.78, 5) is 22.9. The van der Waals surface area contributed by atoms with Gasteiger partial charge >= 0.3 is 11.9 Å². The Morgan fingerprint density at radius 2 is 2.33 bits per heavy atom. The van der Waals surface area contributed by atoms with Crippen LogP contribution in [0.2, 0.25) is 0 Å². The molecule has 18 heavy (non-hydrogen) atoms. The van der Waals surface area contributed by atoms with Gasteiger partial charge < -0.3 is 9.84 Å². The highest BCUT2D eigenvalue weighted by Crippen LogP contribution is 2.36. The maximum absolute atomic E-state index is 11.5. The van der Waals surface area contributed by atoms with Gasteiger partial charge in [-0.05, 0) is 25.0 Å². The molecule has 0 saturated carbocycles. The van der Waals surface area contributed by atoms with Gasteiger partial charge in [0.15, 0.2) is 0 Å². The quantitative estimate of drug-likeness (QED) is 0.734. The van der Waals surface area contributed by atoms with E-state index in [1.165, 1.54) is 6.42 Å². The predicted octanol–water partition coefficient (Wildman–Crippen LogP) is 1.72. The second kappa shape index (κ2) is 5.78. The lowest BCUT2D eigenvalue weighted by atomic mass is 9.80. The summed E-state index contributed by atoms with van der Waals surface area (Å²) >= 11 is 1.77. The molecule has 0 bridgehead atoms. The third-order valence-electron chi connectivity index (χ3n) is 3.25. The Kier molecular flexibility index (Phi) is 4.32. The standard InChI is InChI=1S/C13H16O4S/c1-8-6-11(13(15)16)10-4-5-18-7-9(10)2-3-12(14)17-8/h2-3,6,8,10-11H,4-5,7H2,1H3,(H,15,16)/b9-2-/t8-,10-,11-/m1/s1. The minimum absolute atomic E-state index is 0.0167. The number of ether oxygens (including phenoxy) is 1. The summed E-state index contributed by atoms with van der Waals surface area (Å²) in [6, 6.07) is 0. The summed E-state index contributed by atoms with van der Waals surface area (Å²) < 4.78 is 5.09. The topological polar surface area (TPSA) is 63.6 Å². The number of carbonyl (C=O) groups excluding carboxylic acids is 1. The lowest BCUT2D eigenvalue weighted by molar-refractivity contribution is -0.146. The molecule has 0 spiro atoms. The lowest BCUT2D eigenvalue weighted by Crippen LogP contribution is -2.32. The monoisotopic (exact) mass is 268 g/mol. The second-order valence-corrected chi connectivity index (χ2v) is 5.66. The highest BCUT2D eigenvalue weighted by Gasteiger charge is 2.35. The van der Waals surface area contributed by atoms with Crippen molar-refractivity contribution in [3.8, 4) is 0 Å². The van der Waals surface area contributed by atoms with Gasteiger partial charge in [-0.2, -0.15) is 11.8 Å². The van der Waals surface area contributed by atoms with Gasteiger partial charge in [-0.15, -0.1) is 0 Å². The summed E-state index contributed by atoms with van der Waals surface area (Å²) in [5.74, 6) is -0.0962. The zero-order chi connectivity index (χ0) is 13.1. The normalized spacial score (nSPS) is 36.2. The average Bonchev–Trinajstić information content (AvgIpc) is 2.38. The summed E-state index contributed by atoms with van der Waals surface area (Å²) in [5, 5.41) is 9.35. The molecule has 0 aromatic heterocycles. The van der Waals surface area contributed by atoms with E-state index < -0.39 is 24.0 Å². The lowest BCUT2D eigenvalue weighted by Gasteiger charge is -2.30. The molecule has 1 fully saturated rings. The van der Waals surface area contributed by atoms with Crippen molar-refractivity contribution in [3.05, 3.63) is 24.5 Å². The summed E-state index contributed by atoms with van der Waals surface area (Å²) in [6.07, 6.45) is 5.13. The predicted molar refractivity (Wildman–Crippen MR) is 68.8 cm³/mol. The van der Waals surface area contributed by atoms with E-state index in [1.54, 1.807) is 31.2 Å². The summed E-state index contributed by atoms with van der Waals surface area (Å²) in [6.45, 7) is 1.70. The van der Waals surface area contributed by atoms with Gasteiger partial charge in [-0.25, -0.2) is 0 Å². The molecular weight excluding hydrogens is 252 g/mol. The van der Waals surface area contributed by atoms with Gasteiger partial charge in [0.05, 0.1) is 12.3 Å². The van der Waals surface area contributed by atoms with E-state index in [0.717, 1.165) is 23.5 Å². The third-order valence-corrected chi connectivity index (χ3v) is 4.31. The van der Waals surface area contributed by atoms with Crippen molar-refractivity contribution in [3.63, 3.8) is 0 Å². The Morgan fingerprint density at radius 3 is 3.06 bits per heavy atom. The molecule has 0 aromatic carbocycles. The SMILES string of the molecule is C[C@@H]1[CH][C@@H](C(=O)O)[C@@H]2CCSC/C2=C/[CH]C(=O)O1. The minimum Gasteiger partial charge on any atom is -0.481 e. The van der Waals surface area contributed by atoms with Crippen LogP contribution in [0.5, 0.6) is 0 Å². The van der Waals surface area contributed by atoms with E-state index in [2.05, 4.69) is 0 Å². The number of fused-ring (bicyclic) bond motifs is 1. The molecule has 2 radical (unpaired) electrons. The highest BCUT2D eigenvalue weighted by atomic mass is 32.2. The Hall–Kier alpha value is -0.970. The van der Waals surface area contributed by atoms with Crippen LogP contribution < -0.4 is 0 Å². The highest BCUT2D eigenvalue weighted by molar-refractivity contribution is 7.99. The Bertz CT molecular complexity index is 377. The van der Waals surface area contributed by atoms with Gasteiger partial charge in [0.25, 0.3) is 0 Å².